The molecular formula is C33H30F2N6O2S. The van der Waals surface area contributed by atoms with Gasteiger partial charge in [-0.25, -0.2) is 23.5 Å². The van der Waals surface area contributed by atoms with E-state index in [2.05, 4.69) is 32.4 Å². The fourth-order valence-electron chi connectivity index (χ4n) is 5.76. The SMILES string of the molecule is O=C(O[C@H]1CN[C@H](C#Cc2cc3ncnc(Nc4ccc5c(ccn5Cc5cc(F)ccc5F)c4)c3s2)C1)N1CCCCC1. The second-order valence-corrected chi connectivity index (χ2v) is 12.2. The van der Waals surface area contributed by atoms with Crippen molar-refractivity contribution in [1.29, 1.82) is 0 Å². The number of likely N-dealkylation sites (tertiary alicyclic amines) is 1. The highest BCUT2D eigenvalue weighted by Gasteiger charge is 2.28. The summed E-state index contributed by atoms with van der Waals surface area (Å²) in [7, 11) is 0. The molecule has 8 nitrogen and oxygen atoms in total. The lowest BCUT2D eigenvalue weighted by Gasteiger charge is -2.27. The zero-order valence-corrected chi connectivity index (χ0v) is 24.7. The molecule has 11 heteroatoms. The van der Waals surface area contributed by atoms with Crippen molar-refractivity contribution in [2.75, 3.05) is 25.0 Å². The number of hydrogen-bond acceptors (Lipinski definition) is 7. The number of rotatable bonds is 5. The molecule has 3 aromatic heterocycles. The van der Waals surface area contributed by atoms with Gasteiger partial charge in [0.25, 0.3) is 0 Å². The first-order valence-electron chi connectivity index (χ1n) is 14.7. The molecule has 0 spiro atoms. The number of ether oxygens (including phenoxy) is 1. The lowest BCUT2D eigenvalue weighted by Crippen LogP contribution is -2.38. The van der Waals surface area contributed by atoms with Gasteiger partial charge in [0.1, 0.15) is 24.1 Å². The lowest BCUT2D eigenvalue weighted by molar-refractivity contribution is 0.0646. The number of nitrogens with one attached hydrogen (secondary N) is 2. The van der Waals surface area contributed by atoms with Gasteiger partial charge in [0.2, 0.25) is 0 Å². The minimum absolute atomic E-state index is 0.0560. The number of halogens is 2. The average Bonchev–Trinajstić information content (AvgIpc) is 3.77. The van der Waals surface area contributed by atoms with Gasteiger partial charge in [-0.15, -0.1) is 11.3 Å². The van der Waals surface area contributed by atoms with Gasteiger partial charge >= 0.3 is 6.09 Å². The van der Waals surface area contributed by atoms with Crippen molar-refractivity contribution >= 4 is 50.1 Å². The van der Waals surface area contributed by atoms with Crippen LogP contribution in [0.4, 0.5) is 25.1 Å². The third kappa shape index (κ3) is 6.09. The number of piperidine rings is 1. The summed E-state index contributed by atoms with van der Waals surface area (Å²) >= 11 is 1.52. The smallest absolute Gasteiger partial charge is 0.410 e. The molecule has 44 heavy (non-hydrogen) atoms. The van der Waals surface area contributed by atoms with Crippen LogP contribution >= 0.6 is 11.3 Å². The summed E-state index contributed by atoms with van der Waals surface area (Å²) in [5.41, 5.74) is 2.84. The van der Waals surface area contributed by atoms with Gasteiger partial charge in [-0.1, -0.05) is 11.8 Å². The Balaban J connectivity index is 1.02. The monoisotopic (exact) mass is 612 g/mol. The van der Waals surface area contributed by atoms with Crippen LogP contribution in [0.15, 0.2) is 61.1 Å². The fourth-order valence-corrected chi connectivity index (χ4v) is 6.68. The van der Waals surface area contributed by atoms with Gasteiger partial charge in [-0.05, 0) is 67.8 Å². The number of carbonyl (C=O) groups excluding carboxylic acids is 1. The molecule has 0 bridgehead atoms. The summed E-state index contributed by atoms with van der Waals surface area (Å²) in [6.07, 6.45) is 6.90. The second kappa shape index (κ2) is 12.2. The molecule has 0 saturated carbocycles. The number of fused-ring (bicyclic) bond motifs is 2. The van der Waals surface area contributed by atoms with E-state index in [0.29, 0.717) is 24.3 Å². The van der Waals surface area contributed by atoms with Crippen molar-refractivity contribution in [3.8, 4) is 11.8 Å². The average molecular weight is 613 g/mol. The Hall–Kier alpha value is -4.53. The van der Waals surface area contributed by atoms with Gasteiger partial charge in [0, 0.05) is 54.4 Å². The van der Waals surface area contributed by atoms with E-state index in [1.54, 1.807) is 4.90 Å². The normalized spacial score (nSPS) is 18.4. The van der Waals surface area contributed by atoms with Gasteiger partial charge in [0.15, 0.2) is 5.82 Å². The van der Waals surface area contributed by atoms with E-state index in [0.717, 1.165) is 69.7 Å². The largest absolute Gasteiger partial charge is 0.445 e. The molecule has 0 aliphatic carbocycles. The molecule has 1 amide bonds. The Labute approximate surface area is 257 Å². The Kier molecular flexibility index (Phi) is 7.85. The predicted octanol–water partition coefficient (Wildman–Crippen LogP) is 6.42. The molecule has 224 valence electrons. The van der Waals surface area contributed by atoms with Gasteiger partial charge in [-0.2, -0.15) is 0 Å². The predicted molar refractivity (Wildman–Crippen MR) is 167 cm³/mol. The second-order valence-electron chi connectivity index (χ2n) is 11.1. The summed E-state index contributed by atoms with van der Waals surface area (Å²) in [6, 6.07) is 13.2. The number of aromatic nitrogens is 3. The summed E-state index contributed by atoms with van der Waals surface area (Å²) < 4.78 is 36.4. The van der Waals surface area contributed by atoms with Gasteiger partial charge < -0.3 is 19.5 Å². The van der Waals surface area contributed by atoms with Crippen LogP contribution in [0, 0.1) is 23.5 Å². The van der Waals surface area contributed by atoms with Crippen molar-refractivity contribution in [3.63, 3.8) is 0 Å². The molecule has 2 aromatic carbocycles. The number of anilines is 2. The summed E-state index contributed by atoms with van der Waals surface area (Å²) in [5, 5.41) is 7.72. The fraction of sp³-hybridized carbons (Fsp3) is 0.303. The van der Waals surface area contributed by atoms with Crippen LogP contribution in [-0.2, 0) is 11.3 Å². The van der Waals surface area contributed by atoms with E-state index in [4.69, 9.17) is 4.74 Å². The Morgan fingerprint density at radius 3 is 2.86 bits per heavy atom. The highest BCUT2D eigenvalue weighted by molar-refractivity contribution is 7.20. The van der Waals surface area contributed by atoms with Crippen LogP contribution in [-0.4, -0.2) is 57.3 Å². The highest BCUT2D eigenvalue weighted by atomic mass is 32.1. The first-order chi connectivity index (χ1) is 21.5. The molecule has 2 N–H and O–H groups in total. The maximum Gasteiger partial charge on any atom is 0.410 e. The lowest BCUT2D eigenvalue weighted by atomic mass is 10.1. The van der Waals surface area contributed by atoms with Crippen molar-refractivity contribution in [2.24, 2.45) is 0 Å². The minimum Gasteiger partial charge on any atom is -0.445 e. The zero-order valence-electron chi connectivity index (χ0n) is 23.9. The summed E-state index contributed by atoms with van der Waals surface area (Å²) in [6.45, 7) is 2.37. The van der Waals surface area contributed by atoms with Gasteiger partial charge in [-0.3, -0.25) is 5.32 Å². The third-order valence-electron chi connectivity index (χ3n) is 8.04. The summed E-state index contributed by atoms with van der Waals surface area (Å²) in [5.74, 6) is 6.34. The summed E-state index contributed by atoms with van der Waals surface area (Å²) in [4.78, 5) is 24.0. The van der Waals surface area contributed by atoms with Crippen LogP contribution in [0.2, 0.25) is 0 Å². The van der Waals surface area contributed by atoms with E-state index in [9.17, 15) is 13.6 Å². The third-order valence-corrected chi connectivity index (χ3v) is 9.08. The molecule has 2 saturated heterocycles. The van der Waals surface area contributed by atoms with E-state index < -0.39 is 11.6 Å². The highest BCUT2D eigenvalue weighted by Crippen LogP contribution is 2.32. The number of benzene rings is 2. The molecule has 0 radical (unpaired) electrons. The van der Waals surface area contributed by atoms with Crippen molar-refractivity contribution in [3.05, 3.63) is 83.1 Å². The zero-order chi connectivity index (χ0) is 30.0. The van der Waals surface area contributed by atoms with E-state index in [-0.39, 0.29) is 24.8 Å². The number of hydrogen-bond donors (Lipinski definition) is 2. The van der Waals surface area contributed by atoms with E-state index in [1.165, 1.54) is 30.2 Å². The molecule has 2 aliphatic rings. The Bertz CT molecular complexity index is 1900. The number of amides is 1. The maximum absolute atomic E-state index is 14.2. The maximum atomic E-state index is 14.2. The topological polar surface area (TPSA) is 84.3 Å². The molecular weight excluding hydrogens is 582 g/mol. The van der Waals surface area contributed by atoms with E-state index in [1.807, 2.05) is 41.1 Å². The molecule has 5 heterocycles. The van der Waals surface area contributed by atoms with Crippen LogP contribution in [0.5, 0.6) is 0 Å². The minimum atomic E-state index is -0.460. The molecule has 7 rings (SSSR count). The van der Waals surface area contributed by atoms with Gasteiger partial charge in [0.05, 0.1) is 27.7 Å². The quantitative estimate of drug-likeness (QED) is 0.223. The molecule has 2 aliphatic heterocycles. The standard InChI is InChI=1S/C33H30F2N6O2S/c34-23-4-8-28(35)22(14-23)19-41-13-10-21-15-25(6-9-30(21)41)39-32-31-29(37-20-38-32)17-27(44-31)7-5-24-16-26(18-36-24)43-33(42)40-11-2-1-3-12-40/h4,6,8-10,13-15,17,20,24,26,36H,1-3,11-12,16,18-19H2,(H,37,38,39)/t24-,26-/m1/s1. The van der Waals surface area contributed by atoms with Crippen LogP contribution in [0.3, 0.4) is 0 Å². The Morgan fingerprint density at radius 2 is 1.98 bits per heavy atom. The van der Waals surface area contributed by atoms with Crippen molar-refractivity contribution in [1.82, 2.24) is 24.8 Å². The first-order valence-corrected chi connectivity index (χ1v) is 15.5. The number of nitrogens with zero attached hydrogens (tertiary/aromatic N) is 4. The van der Waals surface area contributed by atoms with Crippen molar-refractivity contribution < 1.29 is 18.3 Å². The molecule has 2 fully saturated rings. The number of carbonyl (C=O) groups is 1. The van der Waals surface area contributed by atoms with Crippen molar-refractivity contribution in [2.45, 2.75) is 44.4 Å². The number of thiophene rings is 1. The Morgan fingerprint density at radius 1 is 1.09 bits per heavy atom. The van der Waals surface area contributed by atoms with E-state index >= 15 is 0 Å². The molecule has 5 aromatic rings. The molecule has 2 atom stereocenters. The van der Waals surface area contributed by atoms with Crippen LogP contribution in [0.25, 0.3) is 21.1 Å². The first kappa shape index (κ1) is 28.3. The van der Waals surface area contributed by atoms with Crippen LogP contribution in [0.1, 0.15) is 36.1 Å². The van der Waals surface area contributed by atoms with Crippen LogP contribution < -0.4 is 10.6 Å². The molecule has 0 unspecified atom stereocenters.